The minimum absolute atomic E-state index is 0.0401. The molecular weight excluding hydrogens is 425 g/mol. The molecule has 4 rings (SSSR count). The molecule has 0 aliphatic carbocycles. The molecule has 9 nitrogen and oxygen atoms in total. The van der Waals surface area contributed by atoms with Crippen molar-refractivity contribution >= 4 is 32.4 Å². The van der Waals surface area contributed by atoms with Crippen LogP contribution in [-0.4, -0.2) is 59.0 Å². The highest BCUT2D eigenvalue weighted by Crippen LogP contribution is 2.35. The van der Waals surface area contributed by atoms with Crippen molar-refractivity contribution in [3.05, 3.63) is 58.9 Å². The van der Waals surface area contributed by atoms with E-state index in [1.165, 1.54) is 24.4 Å². The van der Waals surface area contributed by atoms with Crippen molar-refractivity contribution in [2.24, 2.45) is 0 Å². The van der Waals surface area contributed by atoms with Crippen molar-refractivity contribution in [3.63, 3.8) is 0 Å². The van der Waals surface area contributed by atoms with E-state index in [9.17, 15) is 22.9 Å². The molecule has 2 atom stereocenters. The number of anilines is 1. The van der Waals surface area contributed by atoms with E-state index < -0.39 is 27.2 Å². The lowest BCUT2D eigenvalue weighted by atomic mass is 10.0. The van der Waals surface area contributed by atoms with Crippen LogP contribution in [0.25, 0.3) is 11.0 Å². The van der Waals surface area contributed by atoms with Crippen LogP contribution in [0, 0.1) is 10.1 Å². The number of nitro groups is 1. The van der Waals surface area contributed by atoms with E-state index >= 15 is 0 Å². The molecule has 1 aliphatic heterocycles. The van der Waals surface area contributed by atoms with Crippen LogP contribution in [0.3, 0.4) is 0 Å². The molecule has 1 N–H and O–H groups in total. The van der Waals surface area contributed by atoms with Gasteiger partial charge in [-0.3, -0.25) is 10.1 Å². The monoisotopic (exact) mass is 447 g/mol. The highest BCUT2D eigenvalue weighted by molar-refractivity contribution is 7.90. The molecule has 2 aromatic heterocycles. The van der Waals surface area contributed by atoms with Gasteiger partial charge in [-0.25, -0.2) is 21.8 Å². The number of hydrogen-bond acceptors (Lipinski definition) is 7. The van der Waals surface area contributed by atoms with Gasteiger partial charge in [-0.05, 0) is 31.2 Å². The third-order valence-corrected chi connectivity index (χ3v) is 7.24. The lowest BCUT2D eigenvalue weighted by molar-refractivity contribution is -0.384. The Balaban J connectivity index is 1.78. The summed E-state index contributed by atoms with van der Waals surface area (Å²) in [5.41, 5.74) is -0.208. The fourth-order valence-corrected chi connectivity index (χ4v) is 5.17. The number of nitrogens with one attached hydrogen (secondary N) is 1. The fraction of sp³-hybridized carbons (Fsp3) is 0.350. The molecule has 0 bridgehead atoms. The Hall–Kier alpha value is -3.05. The molecule has 1 aromatic carbocycles. The number of pyridine rings is 1. The Morgan fingerprint density at radius 2 is 2.03 bits per heavy atom. The second-order valence-electron chi connectivity index (χ2n) is 7.39. The van der Waals surface area contributed by atoms with E-state index in [1.54, 1.807) is 18.2 Å². The topological polar surface area (TPSA) is 110 Å². The van der Waals surface area contributed by atoms with Crippen molar-refractivity contribution in [2.75, 3.05) is 25.0 Å². The van der Waals surface area contributed by atoms with E-state index in [-0.39, 0.29) is 33.8 Å². The van der Waals surface area contributed by atoms with Gasteiger partial charge in [-0.15, -0.1) is 0 Å². The quantitative estimate of drug-likeness (QED) is 0.457. The predicted molar refractivity (Wildman–Crippen MR) is 114 cm³/mol. The van der Waals surface area contributed by atoms with Crippen LogP contribution >= 0.6 is 0 Å². The largest absolute Gasteiger partial charge is 0.373 e. The Morgan fingerprint density at radius 3 is 2.68 bits per heavy atom. The molecule has 1 saturated heterocycles. The molecule has 1 aliphatic rings. The third-order valence-electron chi connectivity index (χ3n) is 5.56. The third kappa shape index (κ3) is 3.86. The van der Waals surface area contributed by atoms with Crippen molar-refractivity contribution in [1.82, 2.24) is 13.9 Å². The van der Waals surface area contributed by atoms with Crippen LogP contribution in [0.1, 0.15) is 13.3 Å². The van der Waals surface area contributed by atoms with E-state index in [0.29, 0.717) is 13.0 Å². The maximum Gasteiger partial charge on any atom is 0.311 e. The standard InChI is InChI=1S/C20H22FN5O4S/c1-2-24-10-9-17(16(21)13-24)23-19-15-8-11-25(20(15)22-12-18(19)26(27)28)31(29,30)14-6-4-3-5-7-14/h3-8,11-12,16-17H,2,9-10,13H2,1H3,(H,22,23)/t16-,17-/m1/s1. The molecule has 31 heavy (non-hydrogen) atoms. The number of benzene rings is 1. The van der Waals surface area contributed by atoms with Crippen LogP contribution in [0.2, 0.25) is 0 Å². The summed E-state index contributed by atoms with van der Waals surface area (Å²) in [6.07, 6.45) is 1.57. The fourth-order valence-electron chi connectivity index (χ4n) is 3.85. The van der Waals surface area contributed by atoms with E-state index in [2.05, 4.69) is 10.3 Å². The smallest absolute Gasteiger partial charge is 0.311 e. The zero-order chi connectivity index (χ0) is 22.2. The first-order valence-corrected chi connectivity index (χ1v) is 11.3. The van der Waals surface area contributed by atoms with E-state index in [1.807, 2.05) is 11.8 Å². The van der Waals surface area contributed by atoms with Gasteiger partial charge in [0.2, 0.25) is 0 Å². The van der Waals surface area contributed by atoms with E-state index in [4.69, 9.17) is 0 Å². The zero-order valence-corrected chi connectivity index (χ0v) is 17.6. The number of alkyl halides is 1. The molecule has 164 valence electrons. The van der Waals surface area contributed by atoms with Crippen molar-refractivity contribution in [2.45, 2.75) is 30.5 Å². The first-order valence-electron chi connectivity index (χ1n) is 9.91. The summed E-state index contributed by atoms with van der Waals surface area (Å²) in [6, 6.07) is 8.66. The Bertz CT molecular complexity index is 1220. The summed E-state index contributed by atoms with van der Waals surface area (Å²) in [7, 11) is -3.95. The number of hydrogen-bond donors (Lipinski definition) is 1. The zero-order valence-electron chi connectivity index (χ0n) is 16.8. The molecule has 11 heteroatoms. The minimum atomic E-state index is -3.95. The van der Waals surface area contributed by atoms with Gasteiger partial charge >= 0.3 is 5.69 Å². The summed E-state index contributed by atoms with van der Waals surface area (Å²) in [5.74, 6) is 0. The highest BCUT2D eigenvalue weighted by Gasteiger charge is 2.32. The van der Waals surface area contributed by atoms with Crippen molar-refractivity contribution in [1.29, 1.82) is 0 Å². The Kier molecular flexibility index (Phi) is 5.63. The molecule has 0 saturated carbocycles. The number of aromatic nitrogens is 2. The van der Waals surface area contributed by atoms with Crippen LogP contribution < -0.4 is 5.32 Å². The van der Waals surface area contributed by atoms with Gasteiger partial charge in [0.05, 0.1) is 21.2 Å². The molecule has 3 aromatic rings. The van der Waals surface area contributed by atoms with Gasteiger partial charge in [0.1, 0.15) is 18.1 Å². The number of rotatable bonds is 6. The summed E-state index contributed by atoms with van der Waals surface area (Å²) in [4.78, 5) is 17.1. The van der Waals surface area contributed by atoms with Crippen molar-refractivity contribution in [3.8, 4) is 0 Å². The molecule has 0 unspecified atom stereocenters. The van der Waals surface area contributed by atoms with Crippen LogP contribution in [-0.2, 0) is 10.0 Å². The highest BCUT2D eigenvalue weighted by atomic mass is 32.2. The number of fused-ring (bicyclic) bond motifs is 1. The number of nitrogens with zero attached hydrogens (tertiary/aromatic N) is 4. The van der Waals surface area contributed by atoms with E-state index in [0.717, 1.165) is 16.7 Å². The summed E-state index contributed by atoms with van der Waals surface area (Å²) < 4.78 is 41.8. The molecule has 0 spiro atoms. The van der Waals surface area contributed by atoms with Crippen LogP contribution in [0.15, 0.2) is 53.7 Å². The molecule has 3 heterocycles. The number of halogens is 1. The molecule has 0 radical (unpaired) electrons. The normalized spacial score (nSPS) is 20.1. The van der Waals surface area contributed by atoms with Crippen LogP contribution in [0.4, 0.5) is 15.8 Å². The van der Waals surface area contributed by atoms with Gasteiger partial charge in [-0.2, -0.15) is 0 Å². The summed E-state index contributed by atoms with van der Waals surface area (Å²) >= 11 is 0. The predicted octanol–water partition coefficient (Wildman–Crippen LogP) is 3.03. The molecular formula is C20H22FN5O4S. The average Bonchev–Trinajstić information content (AvgIpc) is 3.21. The van der Waals surface area contributed by atoms with Gasteiger partial charge in [0, 0.05) is 19.3 Å². The first kappa shape index (κ1) is 21.2. The van der Waals surface area contributed by atoms with Crippen LogP contribution in [0.5, 0.6) is 0 Å². The lowest BCUT2D eigenvalue weighted by Crippen LogP contribution is -2.47. The average molecular weight is 447 g/mol. The van der Waals surface area contributed by atoms with Gasteiger partial charge < -0.3 is 10.2 Å². The maximum atomic E-state index is 14.7. The Labute approximate surface area is 178 Å². The lowest BCUT2D eigenvalue weighted by Gasteiger charge is -2.34. The Morgan fingerprint density at radius 1 is 1.29 bits per heavy atom. The second kappa shape index (κ2) is 8.23. The summed E-state index contributed by atoms with van der Waals surface area (Å²) in [5, 5.41) is 14.8. The molecule has 0 amide bonds. The van der Waals surface area contributed by atoms with Gasteiger partial charge in [0.25, 0.3) is 10.0 Å². The van der Waals surface area contributed by atoms with Gasteiger partial charge in [0.15, 0.2) is 5.65 Å². The first-order chi connectivity index (χ1) is 14.8. The number of likely N-dealkylation sites (tertiary alicyclic amines) is 1. The summed E-state index contributed by atoms with van der Waals surface area (Å²) in [6.45, 7) is 3.58. The second-order valence-corrected chi connectivity index (χ2v) is 9.21. The number of piperidine rings is 1. The van der Waals surface area contributed by atoms with Gasteiger partial charge in [-0.1, -0.05) is 25.1 Å². The van der Waals surface area contributed by atoms with Crippen molar-refractivity contribution < 1.29 is 17.7 Å². The molecule has 1 fully saturated rings. The maximum absolute atomic E-state index is 14.7. The minimum Gasteiger partial charge on any atom is -0.373 e. The SMILES string of the molecule is CCN1CC[C@@H](Nc2c([N+](=O)[O-])cnc3c2ccn3S(=O)(=O)c2ccccc2)[C@H](F)C1.